The van der Waals surface area contributed by atoms with Crippen molar-refractivity contribution in [3.05, 3.63) is 59.7 Å². The van der Waals surface area contributed by atoms with Crippen LogP contribution in [0.5, 0.6) is 11.5 Å². The number of carbonyl (C=O) groups excluding carboxylic acids is 2. The second-order valence-corrected chi connectivity index (χ2v) is 9.00. The first kappa shape index (κ1) is 28.1. The smallest absolute Gasteiger partial charge is 0.308 e. The molecule has 35 heavy (non-hydrogen) atoms. The van der Waals surface area contributed by atoms with Gasteiger partial charge in [0.2, 0.25) is 0 Å². The molecule has 0 N–H and O–H groups in total. The molecule has 0 saturated heterocycles. The van der Waals surface area contributed by atoms with Crippen molar-refractivity contribution in [2.75, 3.05) is 11.5 Å². The van der Waals surface area contributed by atoms with Gasteiger partial charge in [0.15, 0.2) is 0 Å². The molecule has 0 fully saturated rings. The summed E-state index contributed by atoms with van der Waals surface area (Å²) >= 11 is 1.75. The van der Waals surface area contributed by atoms with Crippen molar-refractivity contribution >= 4 is 23.7 Å². The molecular weight excluding hydrogens is 460 g/mol. The number of esters is 2. The van der Waals surface area contributed by atoms with E-state index in [9.17, 15) is 9.59 Å². The summed E-state index contributed by atoms with van der Waals surface area (Å²) in [4.78, 5) is 22.4. The zero-order valence-electron chi connectivity index (χ0n) is 20.7. The van der Waals surface area contributed by atoms with Crippen molar-refractivity contribution in [2.24, 2.45) is 0 Å². The van der Waals surface area contributed by atoms with Crippen molar-refractivity contribution in [1.29, 1.82) is 0 Å². The van der Waals surface area contributed by atoms with Crippen LogP contribution in [0.25, 0.3) is 0 Å². The first-order chi connectivity index (χ1) is 17.1. The quantitative estimate of drug-likeness (QED) is 0.148. The van der Waals surface area contributed by atoms with Crippen molar-refractivity contribution in [1.82, 2.24) is 0 Å². The predicted octanol–water partition coefficient (Wildman–Crippen LogP) is 6.40. The molecule has 0 aromatic heterocycles. The van der Waals surface area contributed by atoms with E-state index in [0.717, 1.165) is 74.0 Å². The Hall–Kier alpha value is -3.15. The number of thioether (sulfide) groups is 1. The van der Waals surface area contributed by atoms with Crippen LogP contribution in [-0.2, 0) is 22.4 Å². The minimum absolute atomic E-state index is 0.287. The van der Waals surface area contributed by atoms with E-state index in [1.165, 1.54) is 13.8 Å². The van der Waals surface area contributed by atoms with Gasteiger partial charge in [-0.1, -0.05) is 48.2 Å². The van der Waals surface area contributed by atoms with E-state index in [0.29, 0.717) is 11.5 Å². The largest absolute Gasteiger partial charge is 0.426 e. The van der Waals surface area contributed by atoms with Gasteiger partial charge in [0.1, 0.15) is 11.5 Å². The third kappa shape index (κ3) is 12.8. The van der Waals surface area contributed by atoms with Crippen LogP contribution in [0.4, 0.5) is 0 Å². The van der Waals surface area contributed by atoms with E-state index in [1.807, 2.05) is 48.5 Å². The molecule has 184 valence electrons. The number of rotatable bonds is 12. The Labute approximate surface area is 214 Å². The first-order valence-electron chi connectivity index (χ1n) is 12.1. The van der Waals surface area contributed by atoms with Crippen molar-refractivity contribution < 1.29 is 19.1 Å². The molecule has 2 aromatic carbocycles. The minimum atomic E-state index is -0.287. The van der Waals surface area contributed by atoms with E-state index in [2.05, 4.69) is 23.7 Å². The maximum absolute atomic E-state index is 11.2. The average molecular weight is 495 g/mol. The summed E-state index contributed by atoms with van der Waals surface area (Å²) in [5.41, 5.74) is 2.13. The summed E-state index contributed by atoms with van der Waals surface area (Å²) in [6.07, 6.45) is 7.60. The first-order valence-corrected chi connectivity index (χ1v) is 13.2. The molecule has 0 unspecified atom stereocenters. The molecule has 5 heteroatoms. The fourth-order valence-corrected chi connectivity index (χ4v) is 3.93. The van der Waals surface area contributed by atoms with Crippen LogP contribution < -0.4 is 9.47 Å². The van der Waals surface area contributed by atoms with Crippen LogP contribution in [-0.4, -0.2) is 23.4 Å². The second kappa shape index (κ2) is 17.3. The average Bonchev–Trinajstić information content (AvgIpc) is 2.83. The highest BCUT2D eigenvalue weighted by Gasteiger charge is 2.05. The van der Waals surface area contributed by atoms with Gasteiger partial charge in [-0.25, -0.2) is 0 Å². The van der Waals surface area contributed by atoms with Crippen molar-refractivity contribution in [2.45, 2.75) is 65.2 Å². The Kier molecular flexibility index (Phi) is 13.9. The number of hydrogen-bond acceptors (Lipinski definition) is 5. The summed E-state index contributed by atoms with van der Waals surface area (Å²) in [5.74, 6) is 15.2. The standard InChI is InChI=1S/C30H34O4S/c1-25(31)33-29-21-13-11-19-27(29)17-9-5-3-7-15-23-35-24-16-8-4-6-10-18-28-20-12-14-22-30(28)34-26(2)32/h11-14,19-22H,3-6,9-10,17-18,23-24H2,1-2H3/i25+2,26+2. The molecule has 0 aliphatic heterocycles. The SMILES string of the molecule is C[14C](=O)Oc1ccccc1CCCCC#CCSCC#CCCCCc1ccccc1O[14C](C)=O. The van der Waals surface area contributed by atoms with Gasteiger partial charge in [0, 0.05) is 26.7 Å². The molecule has 0 aliphatic carbocycles. The van der Waals surface area contributed by atoms with E-state index >= 15 is 0 Å². The molecule has 0 bridgehead atoms. The number of ether oxygens (including phenoxy) is 2. The lowest BCUT2D eigenvalue weighted by Gasteiger charge is -2.07. The van der Waals surface area contributed by atoms with Crippen molar-refractivity contribution in [3.8, 4) is 35.2 Å². The summed E-state index contributed by atoms with van der Waals surface area (Å²) in [7, 11) is 0. The number of aryl methyl sites for hydroxylation is 2. The van der Waals surface area contributed by atoms with Gasteiger partial charge in [-0.3, -0.25) is 9.59 Å². The van der Waals surface area contributed by atoms with Crippen LogP contribution in [0.3, 0.4) is 0 Å². The number of hydrogen-bond donors (Lipinski definition) is 0. The maximum atomic E-state index is 11.2. The van der Waals surface area contributed by atoms with Gasteiger partial charge >= 0.3 is 11.9 Å². The molecule has 0 aliphatic rings. The fraction of sp³-hybridized carbons (Fsp3) is 0.400. The number of benzene rings is 2. The molecule has 4 nitrogen and oxygen atoms in total. The Morgan fingerprint density at radius 2 is 1.09 bits per heavy atom. The molecule has 0 spiro atoms. The van der Waals surface area contributed by atoms with Gasteiger partial charge in [0.25, 0.3) is 0 Å². The second-order valence-electron chi connectivity index (χ2n) is 8.02. The van der Waals surface area contributed by atoms with Gasteiger partial charge in [-0.05, 0) is 61.8 Å². The van der Waals surface area contributed by atoms with Crippen LogP contribution in [0, 0.1) is 23.7 Å². The Balaban J connectivity index is 1.50. The molecule has 2 aromatic rings. The summed E-state index contributed by atoms with van der Waals surface area (Å²) in [6.45, 7) is 2.85. The van der Waals surface area contributed by atoms with E-state index in [-0.39, 0.29) is 11.9 Å². The molecular formula is C30H34O4S. The third-order valence-corrected chi connectivity index (χ3v) is 5.74. The van der Waals surface area contributed by atoms with Gasteiger partial charge < -0.3 is 9.47 Å². The highest BCUT2D eigenvalue weighted by molar-refractivity contribution is 7.99. The Bertz CT molecular complexity index is 983. The lowest BCUT2D eigenvalue weighted by Crippen LogP contribution is -2.03. The molecule has 2 rings (SSSR count). The van der Waals surface area contributed by atoms with Crippen LogP contribution in [0.15, 0.2) is 48.5 Å². The zero-order chi connectivity index (χ0) is 25.1. The lowest BCUT2D eigenvalue weighted by molar-refractivity contribution is -0.132. The van der Waals surface area contributed by atoms with E-state index in [1.54, 1.807) is 11.8 Å². The predicted molar refractivity (Wildman–Crippen MR) is 143 cm³/mol. The van der Waals surface area contributed by atoms with Crippen molar-refractivity contribution in [3.63, 3.8) is 0 Å². The normalized spacial score (nSPS) is 9.89. The van der Waals surface area contributed by atoms with Crippen LogP contribution in [0.2, 0.25) is 0 Å². The third-order valence-electron chi connectivity index (χ3n) is 5.05. The topological polar surface area (TPSA) is 52.6 Å². The maximum Gasteiger partial charge on any atom is 0.308 e. The number of carbonyl (C=O) groups is 2. The fourth-order valence-electron chi connectivity index (χ4n) is 3.42. The Morgan fingerprint density at radius 1 is 0.657 bits per heavy atom. The molecule has 0 radical (unpaired) electrons. The number of unbranched alkanes of at least 4 members (excludes halogenated alkanes) is 4. The molecule has 0 amide bonds. The van der Waals surface area contributed by atoms with Gasteiger partial charge in [-0.2, -0.15) is 0 Å². The van der Waals surface area contributed by atoms with Crippen LogP contribution >= 0.6 is 11.8 Å². The molecule has 0 heterocycles. The van der Waals surface area contributed by atoms with E-state index < -0.39 is 0 Å². The zero-order valence-corrected chi connectivity index (χ0v) is 21.5. The highest BCUT2D eigenvalue weighted by atomic mass is 32.2. The molecule has 0 saturated carbocycles. The van der Waals surface area contributed by atoms with Crippen LogP contribution in [0.1, 0.15) is 63.5 Å². The van der Waals surface area contributed by atoms with Gasteiger partial charge in [0.05, 0.1) is 11.5 Å². The molecule has 0 atom stereocenters. The Morgan fingerprint density at radius 3 is 1.51 bits per heavy atom. The minimum Gasteiger partial charge on any atom is -0.426 e. The van der Waals surface area contributed by atoms with E-state index in [4.69, 9.17) is 9.47 Å². The monoisotopic (exact) mass is 494 g/mol. The lowest BCUT2D eigenvalue weighted by atomic mass is 10.1. The highest BCUT2D eigenvalue weighted by Crippen LogP contribution is 2.21. The van der Waals surface area contributed by atoms with Gasteiger partial charge in [-0.15, -0.1) is 23.6 Å². The summed E-state index contributed by atoms with van der Waals surface area (Å²) in [6, 6.07) is 15.4. The summed E-state index contributed by atoms with van der Waals surface area (Å²) < 4.78 is 10.5. The number of para-hydroxylation sites is 2. The summed E-state index contributed by atoms with van der Waals surface area (Å²) in [5, 5.41) is 0.